The van der Waals surface area contributed by atoms with Crippen molar-refractivity contribution in [3.63, 3.8) is 0 Å². The molecular formula is C16H29NO4. The summed E-state index contributed by atoms with van der Waals surface area (Å²) in [5, 5.41) is 9.54. The molecule has 1 aliphatic carbocycles. The molecule has 0 aromatic carbocycles. The van der Waals surface area contributed by atoms with Crippen molar-refractivity contribution < 1.29 is 19.4 Å². The first-order valence-electron chi connectivity index (χ1n) is 8.13. The van der Waals surface area contributed by atoms with E-state index in [2.05, 4.69) is 11.8 Å². The molecule has 2 fully saturated rings. The average Bonchev–Trinajstić information content (AvgIpc) is 2.90. The molecule has 1 heterocycles. The minimum atomic E-state index is -0.648. The van der Waals surface area contributed by atoms with E-state index in [1.165, 1.54) is 12.8 Å². The zero-order valence-corrected chi connectivity index (χ0v) is 13.5. The summed E-state index contributed by atoms with van der Waals surface area (Å²) >= 11 is 0. The van der Waals surface area contributed by atoms with Crippen LogP contribution in [0.15, 0.2) is 0 Å². The fraction of sp³-hybridized carbons (Fsp3) is 0.938. The Morgan fingerprint density at radius 3 is 2.29 bits per heavy atom. The molecule has 2 rings (SSSR count). The highest BCUT2D eigenvalue weighted by molar-refractivity contribution is 5.71. The number of likely N-dealkylation sites (tertiary alicyclic amines) is 1. The Morgan fingerprint density at radius 1 is 1.19 bits per heavy atom. The number of ether oxygens (including phenoxy) is 2. The molecule has 0 radical (unpaired) electrons. The lowest BCUT2D eigenvalue weighted by Crippen LogP contribution is -2.46. The number of nitrogens with zero attached hydrogens (tertiary/aromatic N) is 1. The van der Waals surface area contributed by atoms with Crippen LogP contribution in [0, 0.1) is 11.8 Å². The summed E-state index contributed by atoms with van der Waals surface area (Å²) in [4.78, 5) is 13.9. The van der Waals surface area contributed by atoms with Gasteiger partial charge in [0.2, 0.25) is 0 Å². The van der Waals surface area contributed by atoms with E-state index >= 15 is 0 Å². The van der Waals surface area contributed by atoms with Gasteiger partial charge in [-0.05, 0) is 25.2 Å². The Hall–Kier alpha value is -0.650. The molecule has 122 valence electrons. The maximum Gasteiger partial charge on any atom is 0.308 e. The number of carbonyl (C=O) groups is 1. The van der Waals surface area contributed by atoms with E-state index in [0.717, 1.165) is 32.4 Å². The van der Waals surface area contributed by atoms with Crippen molar-refractivity contribution in [3.05, 3.63) is 0 Å². The van der Waals surface area contributed by atoms with Crippen LogP contribution in [0.3, 0.4) is 0 Å². The number of aliphatic carboxylic acids is 1. The van der Waals surface area contributed by atoms with E-state index in [1.54, 1.807) is 14.2 Å². The van der Waals surface area contributed by atoms with Gasteiger partial charge < -0.3 is 14.6 Å². The third-order valence-corrected chi connectivity index (χ3v) is 5.26. The van der Waals surface area contributed by atoms with Gasteiger partial charge >= 0.3 is 5.97 Å². The van der Waals surface area contributed by atoms with E-state index in [9.17, 15) is 9.90 Å². The molecule has 1 aliphatic heterocycles. The molecule has 5 atom stereocenters. The van der Waals surface area contributed by atoms with Gasteiger partial charge in [-0.2, -0.15) is 0 Å². The molecule has 0 aromatic rings. The van der Waals surface area contributed by atoms with Crippen LogP contribution in [-0.2, 0) is 14.3 Å². The molecule has 0 amide bonds. The molecular weight excluding hydrogens is 270 g/mol. The highest BCUT2D eigenvalue weighted by atomic mass is 16.5. The second-order valence-electron chi connectivity index (χ2n) is 6.48. The molecule has 1 N–H and O–H groups in total. The van der Waals surface area contributed by atoms with E-state index in [0.29, 0.717) is 5.92 Å². The van der Waals surface area contributed by atoms with Crippen LogP contribution < -0.4 is 0 Å². The maximum absolute atomic E-state index is 11.6. The lowest BCUT2D eigenvalue weighted by atomic mass is 9.76. The highest BCUT2D eigenvalue weighted by Gasteiger charge is 2.43. The first-order chi connectivity index (χ1) is 10.1. The summed E-state index contributed by atoms with van der Waals surface area (Å²) in [5.74, 6) is -0.228. The first-order valence-corrected chi connectivity index (χ1v) is 8.13. The van der Waals surface area contributed by atoms with Crippen LogP contribution in [0.4, 0.5) is 0 Å². The van der Waals surface area contributed by atoms with Crippen LogP contribution in [0.25, 0.3) is 0 Å². The Morgan fingerprint density at radius 2 is 1.81 bits per heavy atom. The van der Waals surface area contributed by atoms with Gasteiger partial charge in [0.05, 0.1) is 18.1 Å². The van der Waals surface area contributed by atoms with Gasteiger partial charge in [0.15, 0.2) is 0 Å². The van der Waals surface area contributed by atoms with Crippen LogP contribution in [0.1, 0.15) is 39.0 Å². The number of hydrogen-bond acceptors (Lipinski definition) is 4. The van der Waals surface area contributed by atoms with Crippen molar-refractivity contribution >= 4 is 5.97 Å². The normalized spacial score (nSPS) is 37.8. The number of hydrogen-bond donors (Lipinski definition) is 1. The van der Waals surface area contributed by atoms with Gasteiger partial charge in [-0.25, -0.2) is 0 Å². The third-order valence-electron chi connectivity index (χ3n) is 5.26. The van der Waals surface area contributed by atoms with Crippen molar-refractivity contribution in [2.45, 2.75) is 57.3 Å². The number of carboxylic acid groups (broad SMARTS) is 1. The van der Waals surface area contributed by atoms with Crippen molar-refractivity contribution in [1.82, 2.24) is 4.90 Å². The molecule has 1 saturated heterocycles. The zero-order valence-electron chi connectivity index (χ0n) is 13.5. The van der Waals surface area contributed by atoms with E-state index in [-0.39, 0.29) is 24.2 Å². The minimum Gasteiger partial charge on any atom is -0.481 e. The largest absolute Gasteiger partial charge is 0.481 e. The second-order valence-corrected chi connectivity index (χ2v) is 6.48. The van der Waals surface area contributed by atoms with Crippen LogP contribution in [0.5, 0.6) is 0 Å². The first kappa shape index (κ1) is 16.7. The zero-order chi connectivity index (χ0) is 15.4. The van der Waals surface area contributed by atoms with Crippen LogP contribution in [-0.4, -0.2) is 61.5 Å². The Bertz CT molecular complexity index is 337. The van der Waals surface area contributed by atoms with Gasteiger partial charge in [0.1, 0.15) is 0 Å². The molecule has 0 bridgehead atoms. The van der Waals surface area contributed by atoms with Crippen LogP contribution >= 0.6 is 0 Å². The lowest BCUT2D eigenvalue weighted by molar-refractivity contribution is -0.146. The van der Waals surface area contributed by atoms with Gasteiger partial charge in [0, 0.05) is 33.4 Å². The highest BCUT2D eigenvalue weighted by Crippen LogP contribution is 2.36. The summed E-state index contributed by atoms with van der Waals surface area (Å²) in [6.07, 6.45) is 5.34. The summed E-state index contributed by atoms with van der Waals surface area (Å²) < 4.78 is 11.0. The average molecular weight is 299 g/mol. The molecule has 0 aromatic heterocycles. The van der Waals surface area contributed by atoms with Crippen molar-refractivity contribution in [1.29, 1.82) is 0 Å². The summed E-state index contributed by atoms with van der Waals surface area (Å²) in [5.41, 5.74) is 0. The fourth-order valence-electron chi connectivity index (χ4n) is 4.09. The number of rotatable bonds is 6. The topological polar surface area (TPSA) is 59.0 Å². The molecule has 5 unspecified atom stereocenters. The molecule has 5 heteroatoms. The van der Waals surface area contributed by atoms with Gasteiger partial charge in [0.25, 0.3) is 0 Å². The van der Waals surface area contributed by atoms with E-state index in [4.69, 9.17) is 9.47 Å². The quantitative estimate of drug-likeness (QED) is 0.813. The molecule has 5 nitrogen and oxygen atoms in total. The third kappa shape index (κ3) is 3.76. The van der Waals surface area contributed by atoms with Crippen molar-refractivity contribution in [2.75, 3.05) is 27.3 Å². The number of carboxylic acids is 1. The Labute approximate surface area is 127 Å². The SMILES string of the molecule is CCCC1CCC(C(=O)O)C(N2CC(OC)C(OC)C2)C1. The van der Waals surface area contributed by atoms with Gasteiger partial charge in [-0.3, -0.25) is 9.69 Å². The number of methoxy groups -OCH3 is 2. The van der Waals surface area contributed by atoms with E-state index in [1.807, 2.05) is 0 Å². The lowest BCUT2D eigenvalue weighted by Gasteiger charge is -2.39. The predicted octanol–water partition coefficient (Wildman–Crippen LogP) is 2.00. The summed E-state index contributed by atoms with van der Waals surface area (Å²) in [6, 6.07) is 0.130. The molecule has 1 saturated carbocycles. The van der Waals surface area contributed by atoms with E-state index < -0.39 is 5.97 Å². The van der Waals surface area contributed by atoms with Crippen molar-refractivity contribution in [2.24, 2.45) is 11.8 Å². The minimum absolute atomic E-state index is 0.0518. The molecule has 2 aliphatic rings. The monoisotopic (exact) mass is 299 g/mol. The standard InChI is InChI=1S/C16H29NO4/c1-4-5-11-6-7-12(16(18)19)13(8-11)17-9-14(20-2)15(10-17)21-3/h11-15H,4-10H2,1-3H3,(H,18,19). The second kappa shape index (κ2) is 7.56. The predicted molar refractivity (Wildman–Crippen MR) is 80.3 cm³/mol. The fourth-order valence-corrected chi connectivity index (χ4v) is 4.09. The molecule has 0 spiro atoms. The Kier molecular flexibility index (Phi) is 6.02. The van der Waals surface area contributed by atoms with Gasteiger partial charge in [-0.1, -0.05) is 19.8 Å². The molecule has 21 heavy (non-hydrogen) atoms. The smallest absolute Gasteiger partial charge is 0.308 e. The van der Waals surface area contributed by atoms with Crippen LogP contribution in [0.2, 0.25) is 0 Å². The maximum atomic E-state index is 11.6. The Balaban J connectivity index is 2.07. The van der Waals surface area contributed by atoms with Gasteiger partial charge in [-0.15, -0.1) is 0 Å². The summed E-state index contributed by atoms with van der Waals surface area (Å²) in [7, 11) is 3.41. The van der Waals surface area contributed by atoms with Crippen molar-refractivity contribution in [3.8, 4) is 0 Å². The summed E-state index contributed by atoms with van der Waals surface area (Å²) in [6.45, 7) is 3.76.